The maximum absolute atomic E-state index is 12.6. The van der Waals surface area contributed by atoms with Crippen LogP contribution < -0.4 is 10.2 Å². The maximum Gasteiger partial charge on any atom is 0.335 e. The number of nitrogens with zero attached hydrogens (tertiary/aromatic N) is 1. The number of amides is 3. The molecule has 2 heterocycles. The number of carbonyl (C=O) groups excluding carboxylic acids is 2. The zero-order valence-corrected chi connectivity index (χ0v) is 15.5. The molecule has 2 aromatic carbocycles. The Morgan fingerprint density at radius 1 is 1.07 bits per heavy atom. The number of urea groups is 1. The van der Waals surface area contributed by atoms with Crippen LogP contribution in [0.1, 0.15) is 16.1 Å². The summed E-state index contributed by atoms with van der Waals surface area (Å²) < 4.78 is 5.71. The number of hydrogen-bond donors (Lipinski definition) is 2. The van der Waals surface area contributed by atoms with Gasteiger partial charge < -0.3 is 14.8 Å². The van der Waals surface area contributed by atoms with Crippen molar-refractivity contribution in [3.63, 3.8) is 0 Å². The Labute approximate surface area is 169 Å². The number of benzene rings is 2. The quantitative estimate of drug-likeness (QED) is 0.492. The van der Waals surface area contributed by atoms with Gasteiger partial charge in [0.05, 0.1) is 11.3 Å². The van der Waals surface area contributed by atoms with Gasteiger partial charge in [-0.2, -0.15) is 0 Å². The van der Waals surface area contributed by atoms with Gasteiger partial charge in [0.15, 0.2) is 0 Å². The number of furan rings is 1. The number of halogens is 1. The average Bonchev–Trinajstić information content (AvgIpc) is 3.26. The monoisotopic (exact) mass is 408 g/mol. The fourth-order valence-electron chi connectivity index (χ4n) is 2.89. The first-order valence-electron chi connectivity index (χ1n) is 8.48. The number of hydrogen-bond acceptors (Lipinski definition) is 4. The number of imide groups is 1. The summed E-state index contributed by atoms with van der Waals surface area (Å²) in [6.45, 7) is 0. The Hall–Kier alpha value is -3.84. The molecule has 3 aromatic rings. The lowest BCUT2D eigenvalue weighted by molar-refractivity contribution is -0.113. The average molecular weight is 409 g/mol. The highest BCUT2D eigenvalue weighted by Gasteiger charge is 2.35. The van der Waals surface area contributed by atoms with Crippen molar-refractivity contribution >= 4 is 41.3 Å². The first-order chi connectivity index (χ1) is 13.9. The third-order valence-electron chi connectivity index (χ3n) is 4.27. The van der Waals surface area contributed by atoms with Gasteiger partial charge >= 0.3 is 12.0 Å². The van der Waals surface area contributed by atoms with E-state index in [4.69, 9.17) is 21.1 Å². The number of rotatable bonds is 4. The summed E-state index contributed by atoms with van der Waals surface area (Å²) in [7, 11) is 0. The first-order valence-corrected chi connectivity index (χ1v) is 8.86. The normalized spacial score (nSPS) is 15.1. The second-order valence-corrected chi connectivity index (χ2v) is 6.63. The molecular weight excluding hydrogens is 396 g/mol. The summed E-state index contributed by atoms with van der Waals surface area (Å²) in [6, 6.07) is 15.4. The van der Waals surface area contributed by atoms with Gasteiger partial charge in [-0.25, -0.2) is 14.5 Å². The molecule has 4 rings (SSSR count). The molecule has 144 valence electrons. The Balaban J connectivity index is 1.58. The van der Waals surface area contributed by atoms with Gasteiger partial charge in [-0.3, -0.25) is 4.79 Å². The van der Waals surface area contributed by atoms with Crippen LogP contribution in [0.3, 0.4) is 0 Å². The van der Waals surface area contributed by atoms with E-state index in [1.54, 1.807) is 42.5 Å². The van der Waals surface area contributed by atoms with E-state index in [-0.39, 0.29) is 11.3 Å². The van der Waals surface area contributed by atoms with Gasteiger partial charge in [-0.05, 0) is 42.5 Å². The van der Waals surface area contributed by atoms with Crippen LogP contribution in [0.5, 0.6) is 0 Å². The minimum absolute atomic E-state index is 0.0668. The summed E-state index contributed by atoms with van der Waals surface area (Å²) >= 11 is 5.94. The van der Waals surface area contributed by atoms with Crippen LogP contribution in [0.25, 0.3) is 17.4 Å². The second-order valence-electron chi connectivity index (χ2n) is 6.19. The highest BCUT2D eigenvalue weighted by molar-refractivity contribution is 6.32. The summed E-state index contributed by atoms with van der Waals surface area (Å²) in [4.78, 5) is 36.8. The molecule has 0 atom stereocenters. The lowest BCUT2D eigenvalue weighted by Crippen LogP contribution is -2.30. The molecule has 2 N–H and O–H groups in total. The third-order valence-corrected chi connectivity index (χ3v) is 4.51. The van der Waals surface area contributed by atoms with Gasteiger partial charge in [0.25, 0.3) is 5.91 Å². The standard InChI is InChI=1S/C21H13ClN2O5/c22-14-2-1-3-15(10-14)24-19(25)17(23-21(24)28)11-16-8-9-18(29-16)12-4-6-13(7-5-12)20(26)27/h1-11H,(H,23,28)(H,26,27)/b17-11-. The highest BCUT2D eigenvalue weighted by atomic mass is 35.5. The molecule has 1 fully saturated rings. The molecule has 0 bridgehead atoms. The molecular formula is C21H13ClN2O5. The van der Waals surface area contributed by atoms with E-state index in [1.165, 1.54) is 24.3 Å². The third kappa shape index (κ3) is 3.63. The van der Waals surface area contributed by atoms with Crippen LogP contribution in [0.4, 0.5) is 10.5 Å². The summed E-state index contributed by atoms with van der Waals surface area (Å²) in [5.74, 6) is -0.682. The fraction of sp³-hybridized carbons (Fsp3) is 0. The summed E-state index contributed by atoms with van der Waals surface area (Å²) in [6.07, 6.45) is 1.43. The minimum atomic E-state index is -1.01. The maximum atomic E-state index is 12.6. The van der Waals surface area contributed by atoms with Crippen molar-refractivity contribution in [1.29, 1.82) is 0 Å². The first kappa shape index (κ1) is 18.5. The van der Waals surface area contributed by atoms with Crippen LogP contribution >= 0.6 is 11.6 Å². The SMILES string of the molecule is O=C(O)c1ccc(-c2ccc(/C=C3\NC(=O)N(c4cccc(Cl)c4)C3=O)o2)cc1. The molecule has 7 nitrogen and oxygen atoms in total. The molecule has 0 aliphatic carbocycles. The lowest BCUT2D eigenvalue weighted by atomic mass is 10.1. The van der Waals surface area contributed by atoms with Crippen molar-refractivity contribution < 1.29 is 23.9 Å². The Morgan fingerprint density at radius 3 is 2.52 bits per heavy atom. The van der Waals surface area contributed by atoms with Crippen molar-refractivity contribution in [2.24, 2.45) is 0 Å². The molecule has 1 aromatic heterocycles. The van der Waals surface area contributed by atoms with Crippen LogP contribution in [-0.4, -0.2) is 23.0 Å². The number of aromatic carboxylic acids is 1. The molecule has 0 unspecified atom stereocenters. The summed E-state index contributed by atoms with van der Waals surface area (Å²) in [5.41, 5.74) is 1.28. The van der Waals surface area contributed by atoms with E-state index >= 15 is 0 Å². The Kier molecular flexibility index (Phi) is 4.66. The van der Waals surface area contributed by atoms with Crippen molar-refractivity contribution in [3.05, 3.63) is 82.7 Å². The topological polar surface area (TPSA) is 99.9 Å². The minimum Gasteiger partial charge on any atom is -0.478 e. The van der Waals surface area contributed by atoms with Crippen LogP contribution in [-0.2, 0) is 4.79 Å². The van der Waals surface area contributed by atoms with E-state index in [0.717, 1.165) is 4.90 Å². The fourth-order valence-corrected chi connectivity index (χ4v) is 3.07. The Morgan fingerprint density at radius 2 is 1.83 bits per heavy atom. The van der Waals surface area contributed by atoms with Gasteiger partial charge in [0, 0.05) is 16.7 Å². The molecule has 0 spiro atoms. The van der Waals surface area contributed by atoms with Crippen molar-refractivity contribution in [1.82, 2.24) is 5.32 Å². The molecule has 0 radical (unpaired) electrons. The molecule has 3 amide bonds. The molecule has 1 aliphatic heterocycles. The lowest BCUT2D eigenvalue weighted by Gasteiger charge is -2.11. The molecule has 1 saturated heterocycles. The predicted octanol–water partition coefficient (Wildman–Crippen LogP) is 4.40. The van der Waals surface area contributed by atoms with Crippen LogP contribution in [0, 0.1) is 0 Å². The van der Waals surface area contributed by atoms with Crippen LogP contribution in [0.15, 0.2) is 70.8 Å². The van der Waals surface area contributed by atoms with Crippen LogP contribution in [0.2, 0.25) is 5.02 Å². The number of nitrogens with one attached hydrogen (secondary N) is 1. The van der Waals surface area contributed by atoms with Crippen molar-refractivity contribution in [3.8, 4) is 11.3 Å². The largest absolute Gasteiger partial charge is 0.478 e. The molecule has 1 aliphatic rings. The molecule has 29 heavy (non-hydrogen) atoms. The molecule has 8 heteroatoms. The number of carboxylic acids is 1. The zero-order chi connectivity index (χ0) is 20.5. The smallest absolute Gasteiger partial charge is 0.335 e. The zero-order valence-electron chi connectivity index (χ0n) is 14.8. The molecule has 0 saturated carbocycles. The van der Waals surface area contributed by atoms with Gasteiger partial charge in [0.2, 0.25) is 0 Å². The van der Waals surface area contributed by atoms with Crippen molar-refractivity contribution in [2.75, 3.05) is 4.90 Å². The van der Waals surface area contributed by atoms with Gasteiger partial charge in [-0.15, -0.1) is 0 Å². The van der Waals surface area contributed by atoms with E-state index in [9.17, 15) is 14.4 Å². The van der Waals surface area contributed by atoms with E-state index < -0.39 is 17.9 Å². The van der Waals surface area contributed by atoms with E-state index in [2.05, 4.69) is 5.32 Å². The second kappa shape index (κ2) is 7.29. The number of carbonyl (C=O) groups is 3. The Bertz CT molecular complexity index is 1160. The van der Waals surface area contributed by atoms with Crippen molar-refractivity contribution in [2.45, 2.75) is 0 Å². The van der Waals surface area contributed by atoms with Gasteiger partial charge in [0.1, 0.15) is 17.2 Å². The summed E-state index contributed by atoms with van der Waals surface area (Å²) in [5, 5.41) is 11.9. The number of carboxylic acid groups (broad SMARTS) is 1. The predicted molar refractivity (Wildman–Crippen MR) is 107 cm³/mol. The van der Waals surface area contributed by atoms with Gasteiger partial charge in [-0.1, -0.05) is 29.8 Å². The van der Waals surface area contributed by atoms with E-state index in [0.29, 0.717) is 27.8 Å². The van der Waals surface area contributed by atoms with E-state index in [1.807, 2.05) is 0 Å². The highest BCUT2D eigenvalue weighted by Crippen LogP contribution is 2.27. The number of anilines is 1.